The Balaban J connectivity index is 2.10. The minimum atomic E-state index is -3.22. The number of aromatic nitrogens is 1. The smallest absolute Gasteiger partial charge is 0.287 e. The highest BCUT2D eigenvalue weighted by atomic mass is 79.9. The monoisotopic (exact) mass is 383 g/mol. The third-order valence-corrected chi connectivity index (χ3v) is 4.50. The molecule has 0 fully saturated rings. The van der Waals surface area contributed by atoms with Crippen LogP contribution in [0.4, 0.5) is 0 Å². The molecule has 0 aliphatic carbocycles. The molecule has 6 nitrogen and oxygen atoms in total. The molecule has 0 saturated carbocycles. The summed E-state index contributed by atoms with van der Waals surface area (Å²) in [6.45, 7) is 1.72. The van der Waals surface area contributed by atoms with Crippen LogP contribution in [0.5, 0.6) is 0 Å². The molecule has 0 bridgehead atoms. The highest BCUT2D eigenvalue weighted by Gasteiger charge is 2.09. The molecule has 116 valence electrons. The van der Waals surface area contributed by atoms with E-state index >= 15 is 0 Å². The summed E-state index contributed by atoms with van der Waals surface area (Å²) in [6.07, 6.45) is 2.80. The van der Waals surface area contributed by atoms with Crippen molar-refractivity contribution in [1.29, 1.82) is 0 Å². The number of hydrogen-bond donors (Lipinski definition) is 2. The third kappa shape index (κ3) is 4.05. The number of carbonyl (C=O) groups excluding carboxylic acids is 1. The number of aromatic amines is 1. The fraction of sp³-hybridized carbons (Fsp3) is 0.143. The van der Waals surface area contributed by atoms with E-state index in [1.165, 1.54) is 12.1 Å². The van der Waals surface area contributed by atoms with Gasteiger partial charge >= 0.3 is 0 Å². The zero-order chi connectivity index (χ0) is 16.3. The van der Waals surface area contributed by atoms with Crippen molar-refractivity contribution >= 4 is 37.4 Å². The number of sulfone groups is 1. The Bertz CT molecular complexity index is 823. The van der Waals surface area contributed by atoms with Crippen LogP contribution in [0.3, 0.4) is 0 Å². The molecular formula is C14H14BrN3O3S. The van der Waals surface area contributed by atoms with Crippen molar-refractivity contribution in [2.24, 2.45) is 5.10 Å². The Morgan fingerprint density at radius 1 is 1.27 bits per heavy atom. The molecule has 1 heterocycles. The zero-order valence-electron chi connectivity index (χ0n) is 11.9. The van der Waals surface area contributed by atoms with E-state index in [1.807, 2.05) is 0 Å². The molecule has 2 aromatic rings. The molecule has 0 spiro atoms. The first-order valence-electron chi connectivity index (χ1n) is 6.26. The molecule has 1 amide bonds. The maximum atomic E-state index is 11.8. The van der Waals surface area contributed by atoms with Crippen LogP contribution in [0.25, 0.3) is 0 Å². The number of hydrogen-bond acceptors (Lipinski definition) is 4. The maximum Gasteiger partial charge on any atom is 0.287 e. The highest BCUT2D eigenvalue weighted by Crippen LogP contribution is 2.12. The Hall–Kier alpha value is -1.93. The van der Waals surface area contributed by atoms with Crippen molar-refractivity contribution in [3.8, 4) is 0 Å². The number of hydrazone groups is 1. The summed E-state index contributed by atoms with van der Waals surface area (Å²) in [5.41, 5.74) is 4.11. The van der Waals surface area contributed by atoms with E-state index in [-0.39, 0.29) is 10.8 Å². The number of benzene rings is 1. The van der Waals surface area contributed by atoms with Crippen LogP contribution in [0.15, 0.2) is 51.0 Å². The van der Waals surface area contributed by atoms with Crippen molar-refractivity contribution in [3.05, 3.63) is 52.3 Å². The zero-order valence-corrected chi connectivity index (χ0v) is 14.3. The molecule has 0 radical (unpaired) electrons. The molecule has 0 atom stereocenters. The summed E-state index contributed by atoms with van der Waals surface area (Å²) >= 11 is 3.24. The Morgan fingerprint density at radius 2 is 1.91 bits per heavy atom. The summed E-state index contributed by atoms with van der Waals surface area (Å²) < 4.78 is 23.6. The van der Waals surface area contributed by atoms with Crippen molar-refractivity contribution in [2.75, 3.05) is 6.26 Å². The quantitative estimate of drug-likeness (QED) is 0.626. The topological polar surface area (TPSA) is 91.4 Å². The van der Waals surface area contributed by atoms with Gasteiger partial charge < -0.3 is 4.98 Å². The minimum Gasteiger partial charge on any atom is -0.356 e. The van der Waals surface area contributed by atoms with Crippen molar-refractivity contribution in [1.82, 2.24) is 10.4 Å². The second kappa shape index (κ2) is 6.45. The van der Waals surface area contributed by atoms with Gasteiger partial charge in [-0.1, -0.05) is 12.1 Å². The van der Waals surface area contributed by atoms with E-state index in [2.05, 4.69) is 31.4 Å². The molecule has 2 rings (SSSR count). The molecule has 0 aliphatic rings. The Morgan fingerprint density at radius 3 is 2.41 bits per heavy atom. The van der Waals surface area contributed by atoms with Crippen LogP contribution < -0.4 is 5.43 Å². The summed E-state index contributed by atoms with van der Waals surface area (Å²) in [4.78, 5) is 14.9. The number of nitrogens with zero attached hydrogens (tertiary/aromatic N) is 1. The van der Waals surface area contributed by atoms with E-state index in [1.54, 1.807) is 31.3 Å². The van der Waals surface area contributed by atoms with Crippen LogP contribution in [-0.2, 0) is 9.84 Å². The predicted molar refractivity (Wildman–Crippen MR) is 87.7 cm³/mol. The van der Waals surface area contributed by atoms with E-state index in [0.717, 1.165) is 16.3 Å². The highest BCUT2D eigenvalue weighted by molar-refractivity contribution is 9.10. The van der Waals surface area contributed by atoms with Gasteiger partial charge in [0, 0.05) is 16.9 Å². The van der Waals surface area contributed by atoms with Crippen LogP contribution in [0.1, 0.15) is 23.0 Å². The largest absolute Gasteiger partial charge is 0.356 e. The first kappa shape index (κ1) is 16.4. The first-order valence-corrected chi connectivity index (χ1v) is 8.95. The first-order chi connectivity index (χ1) is 10.3. The van der Waals surface area contributed by atoms with E-state index in [0.29, 0.717) is 11.4 Å². The van der Waals surface area contributed by atoms with Crippen LogP contribution in [0, 0.1) is 0 Å². The molecule has 0 unspecified atom stereocenters. The minimum absolute atomic E-state index is 0.240. The lowest BCUT2D eigenvalue weighted by molar-refractivity contribution is 0.0950. The summed E-state index contributed by atoms with van der Waals surface area (Å²) in [6, 6.07) is 7.95. The fourth-order valence-corrected chi connectivity index (χ4v) is 2.68. The van der Waals surface area contributed by atoms with E-state index in [9.17, 15) is 13.2 Å². The van der Waals surface area contributed by atoms with Crippen LogP contribution >= 0.6 is 15.9 Å². The van der Waals surface area contributed by atoms with Gasteiger partial charge in [0.2, 0.25) is 0 Å². The number of H-pyrrole nitrogens is 1. The summed E-state index contributed by atoms with van der Waals surface area (Å²) in [5, 5.41) is 4.00. The summed E-state index contributed by atoms with van der Waals surface area (Å²) in [5.74, 6) is -0.363. The molecule has 8 heteroatoms. The van der Waals surface area contributed by atoms with Crippen molar-refractivity contribution < 1.29 is 13.2 Å². The molecule has 2 N–H and O–H groups in total. The number of rotatable bonds is 4. The lowest BCUT2D eigenvalue weighted by Crippen LogP contribution is -2.19. The van der Waals surface area contributed by atoms with E-state index < -0.39 is 9.84 Å². The standard InChI is InChI=1S/C14H14BrN3O3S/c1-9(10-3-5-12(6-4-10)22(2,20)21)17-18-14(19)13-7-11(15)8-16-13/h3-8,16H,1-2H3,(H,18,19)/b17-9-. The van der Waals surface area contributed by atoms with Gasteiger partial charge in [0.15, 0.2) is 9.84 Å². The molecule has 1 aromatic carbocycles. The number of carbonyl (C=O) groups is 1. The van der Waals surface area contributed by atoms with Gasteiger partial charge in [0.05, 0.1) is 10.6 Å². The predicted octanol–water partition coefficient (Wildman–Crippen LogP) is 2.33. The van der Waals surface area contributed by atoms with Gasteiger partial charge in [-0.15, -0.1) is 0 Å². The number of halogens is 1. The molecule has 22 heavy (non-hydrogen) atoms. The van der Waals surface area contributed by atoms with E-state index in [4.69, 9.17) is 0 Å². The van der Waals surface area contributed by atoms with Crippen molar-refractivity contribution in [3.63, 3.8) is 0 Å². The number of nitrogens with one attached hydrogen (secondary N) is 2. The molecule has 0 saturated heterocycles. The lowest BCUT2D eigenvalue weighted by Gasteiger charge is -2.03. The molecular weight excluding hydrogens is 370 g/mol. The fourth-order valence-electron chi connectivity index (χ4n) is 1.70. The normalized spacial score (nSPS) is 12.2. The number of amides is 1. The second-order valence-corrected chi connectivity index (χ2v) is 7.60. The Labute approximate surface area is 136 Å². The maximum absolute atomic E-state index is 11.8. The van der Waals surface area contributed by atoms with Gasteiger partial charge in [-0.2, -0.15) is 5.10 Å². The van der Waals surface area contributed by atoms with Gasteiger partial charge in [-0.3, -0.25) is 4.79 Å². The lowest BCUT2D eigenvalue weighted by atomic mass is 10.1. The Kier molecular flexibility index (Phi) is 4.82. The average molecular weight is 384 g/mol. The average Bonchev–Trinajstić information content (AvgIpc) is 2.90. The van der Waals surface area contributed by atoms with Gasteiger partial charge in [-0.25, -0.2) is 13.8 Å². The van der Waals surface area contributed by atoms with Gasteiger partial charge in [0.25, 0.3) is 5.91 Å². The van der Waals surface area contributed by atoms with Gasteiger partial charge in [-0.05, 0) is 46.6 Å². The molecule has 1 aromatic heterocycles. The van der Waals surface area contributed by atoms with Crippen LogP contribution in [-0.4, -0.2) is 31.3 Å². The van der Waals surface area contributed by atoms with Crippen molar-refractivity contribution in [2.45, 2.75) is 11.8 Å². The van der Waals surface area contributed by atoms with Gasteiger partial charge in [0.1, 0.15) is 5.69 Å². The summed E-state index contributed by atoms with van der Waals surface area (Å²) in [7, 11) is -3.22. The SMILES string of the molecule is C/C(=N/NC(=O)c1cc(Br)c[nH]1)c1ccc(S(C)(=O)=O)cc1. The second-order valence-electron chi connectivity index (χ2n) is 4.67. The third-order valence-electron chi connectivity index (χ3n) is 2.92. The molecule has 0 aliphatic heterocycles. The van der Waals surface area contributed by atoms with Crippen LogP contribution in [0.2, 0.25) is 0 Å².